The highest BCUT2D eigenvalue weighted by Gasteiger charge is 2.16. The highest BCUT2D eigenvalue weighted by atomic mass is 16.3. The first kappa shape index (κ1) is 16.9. The fourth-order valence-electron chi connectivity index (χ4n) is 3.18. The fraction of sp³-hybridized carbons (Fsp3) is 0.450. The van der Waals surface area contributed by atoms with Crippen LogP contribution in [0.25, 0.3) is 5.57 Å². The summed E-state index contributed by atoms with van der Waals surface area (Å²) in [6.45, 7) is 7.64. The standard InChI is InChI=1S/C20H27N3O/c1-3-20(24)15-22-9-7-18(8-10-22)19-12-21-23(14-19)13-17-6-4-5-16(2)11-17/h4-7,11-12,14,20,24H,3,8-10,13,15H2,1-2H3. The molecular formula is C20H27N3O. The summed E-state index contributed by atoms with van der Waals surface area (Å²) < 4.78 is 2.01. The molecule has 1 unspecified atom stereocenters. The minimum Gasteiger partial charge on any atom is -0.392 e. The number of benzene rings is 1. The monoisotopic (exact) mass is 325 g/mol. The second kappa shape index (κ2) is 7.77. The van der Waals surface area contributed by atoms with E-state index in [9.17, 15) is 5.11 Å². The average molecular weight is 325 g/mol. The van der Waals surface area contributed by atoms with Crippen LogP contribution < -0.4 is 0 Å². The number of β-amino-alcohol motifs (C(OH)–C–C–N with tert-alkyl or cyclic N) is 1. The Morgan fingerprint density at radius 2 is 2.21 bits per heavy atom. The lowest BCUT2D eigenvalue weighted by Gasteiger charge is -2.27. The van der Waals surface area contributed by atoms with Crippen molar-refractivity contribution in [1.29, 1.82) is 0 Å². The van der Waals surface area contributed by atoms with Crippen molar-refractivity contribution in [3.05, 3.63) is 59.4 Å². The molecule has 2 heterocycles. The third kappa shape index (κ3) is 4.34. The number of hydrogen-bond acceptors (Lipinski definition) is 3. The molecule has 3 rings (SSSR count). The van der Waals surface area contributed by atoms with Crippen LogP contribution in [0.4, 0.5) is 0 Å². The van der Waals surface area contributed by atoms with E-state index in [0.29, 0.717) is 0 Å². The molecule has 1 aliphatic rings. The van der Waals surface area contributed by atoms with Gasteiger partial charge in [-0.3, -0.25) is 9.58 Å². The lowest BCUT2D eigenvalue weighted by Crippen LogP contribution is -2.35. The van der Waals surface area contributed by atoms with Crippen LogP contribution in [0.3, 0.4) is 0 Å². The van der Waals surface area contributed by atoms with Crippen molar-refractivity contribution in [3.63, 3.8) is 0 Å². The van der Waals surface area contributed by atoms with E-state index in [-0.39, 0.29) is 6.10 Å². The van der Waals surface area contributed by atoms with Gasteiger partial charge in [-0.15, -0.1) is 0 Å². The lowest BCUT2D eigenvalue weighted by atomic mass is 10.0. The number of aromatic nitrogens is 2. The summed E-state index contributed by atoms with van der Waals surface area (Å²) in [4.78, 5) is 2.31. The predicted octanol–water partition coefficient (Wildman–Crippen LogP) is 3.10. The van der Waals surface area contributed by atoms with Gasteiger partial charge >= 0.3 is 0 Å². The molecule has 128 valence electrons. The van der Waals surface area contributed by atoms with E-state index in [1.54, 1.807) is 0 Å². The number of nitrogens with zero attached hydrogens (tertiary/aromatic N) is 3. The Morgan fingerprint density at radius 3 is 2.92 bits per heavy atom. The van der Waals surface area contributed by atoms with Crippen molar-refractivity contribution >= 4 is 5.57 Å². The third-order valence-electron chi connectivity index (χ3n) is 4.66. The highest BCUT2D eigenvalue weighted by Crippen LogP contribution is 2.22. The van der Waals surface area contributed by atoms with E-state index in [0.717, 1.165) is 39.0 Å². The van der Waals surface area contributed by atoms with E-state index >= 15 is 0 Å². The normalized spacial score (nSPS) is 16.9. The maximum Gasteiger partial charge on any atom is 0.0664 e. The van der Waals surface area contributed by atoms with Crippen LogP contribution in [0.15, 0.2) is 42.7 Å². The topological polar surface area (TPSA) is 41.3 Å². The van der Waals surface area contributed by atoms with Crippen LogP contribution >= 0.6 is 0 Å². The Bertz CT molecular complexity index is 704. The minimum absolute atomic E-state index is 0.211. The third-order valence-corrected chi connectivity index (χ3v) is 4.66. The van der Waals surface area contributed by atoms with Gasteiger partial charge in [-0.25, -0.2) is 0 Å². The van der Waals surface area contributed by atoms with Crippen molar-refractivity contribution < 1.29 is 5.11 Å². The largest absolute Gasteiger partial charge is 0.392 e. The van der Waals surface area contributed by atoms with Crippen molar-refractivity contribution in [3.8, 4) is 0 Å². The first-order valence-corrected chi connectivity index (χ1v) is 8.82. The molecule has 0 saturated carbocycles. The van der Waals surface area contributed by atoms with Crippen LogP contribution in [0.5, 0.6) is 0 Å². The van der Waals surface area contributed by atoms with Gasteiger partial charge in [0.2, 0.25) is 0 Å². The second-order valence-corrected chi connectivity index (χ2v) is 6.72. The smallest absolute Gasteiger partial charge is 0.0664 e. The van der Waals surface area contributed by atoms with Gasteiger partial charge in [0.25, 0.3) is 0 Å². The minimum atomic E-state index is -0.211. The molecule has 24 heavy (non-hydrogen) atoms. The average Bonchev–Trinajstić information content (AvgIpc) is 3.04. The maximum atomic E-state index is 9.78. The van der Waals surface area contributed by atoms with Gasteiger partial charge in [0.1, 0.15) is 0 Å². The molecule has 0 saturated heterocycles. The molecular weight excluding hydrogens is 298 g/mol. The van der Waals surface area contributed by atoms with Gasteiger partial charge in [-0.05, 0) is 30.9 Å². The zero-order chi connectivity index (χ0) is 16.9. The molecule has 0 fully saturated rings. The van der Waals surface area contributed by atoms with Crippen molar-refractivity contribution in [2.24, 2.45) is 0 Å². The van der Waals surface area contributed by atoms with E-state index in [1.807, 2.05) is 17.8 Å². The van der Waals surface area contributed by atoms with Crippen LogP contribution in [-0.2, 0) is 6.54 Å². The molecule has 1 atom stereocenters. The first-order valence-electron chi connectivity index (χ1n) is 8.82. The summed E-state index contributed by atoms with van der Waals surface area (Å²) in [5, 5.41) is 14.3. The van der Waals surface area contributed by atoms with Crippen LogP contribution in [0, 0.1) is 6.92 Å². The predicted molar refractivity (Wildman–Crippen MR) is 97.8 cm³/mol. The second-order valence-electron chi connectivity index (χ2n) is 6.72. The van der Waals surface area contributed by atoms with Gasteiger partial charge in [0, 0.05) is 31.4 Å². The van der Waals surface area contributed by atoms with Crippen LogP contribution in [0.2, 0.25) is 0 Å². The fourth-order valence-corrected chi connectivity index (χ4v) is 3.18. The molecule has 1 aliphatic heterocycles. The summed E-state index contributed by atoms with van der Waals surface area (Å²) in [6, 6.07) is 8.56. The molecule has 4 heteroatoms. The summed E-state index contributed by atoms with van der Waals surface area (Å²) in [5.74, 6) is 0. The molecule has 1 aromatic heterocycles. The maximum absolute atomic E-state index is 9.78. The summed E-state index contributed by atoms with van der Waals surface area (Å²) in [6.07, 6.45) is 8.02. The van der Waals surface area contributed by atoms with Gasteiger partial charge in [-0.2, -0.15) is 5.10 Å². The number of rotatable bonds is 6. The Kier molecular flexibility index (Phi) is 5.48. The van der Waals surface area contributed by atoms with E-state index in [2.05, 4.69) is 53.5 Å². The molecule has 0 spiro atoms. The molecule has 0 amide bonds. The lowest BCUT2D eigenvalue weighted by molar-refractivity contribution is 0.115. The molecule has 0 aliphatic carbocycles. The summed E-state index contributed by atoms with van der Waals surface area (Å²) in [7, 11) is 0. The Morgan fingerprint density at radius 1 is 1.33 bits per heavy atom. The number of aliphatic hydroxyl groups excluding tert-OH is 1. The highest BCUT2D eigenvalue weighted by molar-refractivity contribution is 5.65. The summed E-state index contributed by atoms with van der Waals surface area (Å²) in [5.41, 5.74) is 5.15. The molecule has 1 aromatic carbocycles. The van der Waals surface area contributed by atoms with Crippen molar-refractivity contribution in [1.82, 2.24) is 14.7 Å². The zero-order valence-corrected chi connectivity index (χ0v) is 14.7. The molecule has 0 bridgehead atoms. The molecule has 2 aromatic rings. The number of aliphatic hydroxyl groups is 1. The Balaban J connectivity index is 1.62. The number of aryl methyl sites for hydroxylation is 1. The quantitative estimate of drug-likeness (QED) is 0.887. The van der Waals surface area contributed by atoms with Crippen molar-refractivity contribution in [2.45, 2.75) is 39.3 Å². The van der Waals surface area contributed by atoms with Gasteiger partial charge in [-0.1, -0.05) is 42.8 Å². The SMILES string of the molecule is CCC(O)CN1CC=C(c2cnn(Cc3cccc(C)c3)c2)CC1. The Labute approximate surface area is 144 Å². The summed E-state index contributed by atoms with van der Waals surface area (Å²) >= 11 is 0. The van der Waals surface area contributed by atoms with Crippen LogP contribution in [0.1, 0.15) is 36.5 Å². The van der Waals surface area contributed by atoms with Gasteiger partial charge in [0.15, 0.2) is 0 Å². The first-order chi connectivity index (χ1) is 11.6. The molecule has 0 radical (unpaired) electrons. The van der Waals surface area contributed by atoms with Gasteiger partial charge in [0.05, 0.1) is 18.8 Å². The van der Waals surface area contributed by atoms with E-state index in [4.69, 9.17) is 0 Å². The molecule has 1 N–H and O–H groups in total. The van der Waals surface area contributed by atoms with Crippen molar-refractivity contribution in [2.75, 3.05) is 19.6 Å². The number of hydrogen-bond donors (Lipinski definition) is 1. The van der Waals surface area contributed by atoms with Crippen LogP contribution in [-0.4, -0.2) is 45.5 Å². The molecule has 4 nitrogen and oxygen atoms in total. The van der Waals surface area contributed by atoms with E-state index in [1.165, 1.54) is 22.3 Å². The zero-order valence-electron chi connectivity index (χ0n) is 14.7. The van der Waals surface area contributed by atoms with Gasteiger partial charge < -0.3 is 5.11 Å². The Hall–Kier alpha value is -1.91. The van der Waals surface area contributed by atoms with E-state index < -0.39 is 0 Å².